The molecule has 5 nitrogen and oxygen atoms in total. The van der Waals surface area contributed by atoms with E-state index < -0.39 is 6.10 Å². The topological polar surface area (TPSA) is 59.8 Å². The van der Waals surface area contributed by atoms with Gasteiger partial charge in [-0.15, -0.1) is 0 Å². The molecule has 3 aromatic rings. The molecule has 28 heavy (non-hydrogen) atoms. The summed E-state index contributed by atoms with van der Waals surface area (Å²) in [5, 5.41) is 0.897. The number of hydrogen-bond acceptors (Lipinski definition) is 4. The van der Waals surface area contributed by atoms with E-state index in [2.05, 4.69) is 6.92 Å². The molecule has 0 spiro atoms. The van der Waals surface area contributed by atoms with Gasteiger partial charge in [0.1, 0.15) is 11.3 Å². The maximum atomic E-state index is 12.6. The van der Waals surface area contributed by atoms with Crippen LogP contribution < -0.4 is 10.4 Å². The molecule has 0 saturated heterocycles. The van der Waals surface area contributed by atoms with Crippen LogP contribution in [-0.4, -0.2) is 24.0 Å². The second-order valence-electron chi connectivity index (χ2n) is 6.94. The van der Waals surface area contributed by atoms with Crippen molar-refractivity contribution >= 4 is 16.9 Å². The smallest absolute Gasteiger partial charge is 0.336 e. The number of rotatable bonds is 7. The highest BCUT2D eigenvalue weighted by Crippen LogP contribution is 2.24. The second-order valence-corrected chi connectivity index (χ2v) is 6.94. The fraction of sp³-hybridized carbons (Fsp3) is 0.304. The van der Waals surface area contributed by atoms with Gasteiger partial charge in [-0.1, -0.05) is 43.7 Å². The van der Waals surface area contributed by atoms with Gasteiger partial charge in [0.25, 0.3) is 5.91 Å². The molecule has 5 heteroatoms. The average molecular weight is 379 g/mol. The van der Waals surface area contributed by atoms with Gasteiger partial charge in [-0.2, -0.15) is 0 Å². The summed E-state index contributed by atoms with van der Waals surface area (Å²) in [5.74, 6) is 0.378. The summed E-state index contributed by atoms with van der Waals surface area (Å²) in [4.78, 5) is 26.1. The highest BCUT2D eigenvalue weighted by Gasteiger charge is 2.20. The van der Waals surface area contributed by atoms with Crippen LogP contribution >= 0.6 is 0 Å². The van der Waals surface area contributed by atoms with Gasteiger partial charge in [0, 0.05) is 31.1 Å². The van der Waals surface area contributed by atoms with Gasteiger partial charge < -0.3 is 14.1 Å². The van der Waals surface area contributed by atoms with Gasteiger partial charge in [-0.25, -0.2) is 4.79 Å². The van der Waals surface area contributed by atoms with Crippen LogP contribution in [0.2, 0.25) is 0 Å². The number of carbonyl (C=O) groups is 1. The minimum atomic E-state index is -0.656. The van der Waals surface area contributed by atoms with E-state index in [1.807, 2.05) is 42.5 Å². The number of benzene rings is 2. The number of amides is 1. The molecule has 0 radical (unpaired) electrons. The summed E-state index contributed by atoms with van der Waals surface area (Å²) in [5.41, 5.74) is 2.12. The van der Waals surface area contributed by atoms with Crippen LogP contribution in [0.5, 0.6) is 5.75 Å². The van der Waals surface area contributed by atoms with Crippen molar-refractivity contribution in [2.24, 2.45) is 0 Å². The summed E-state index contributed by atoms with van der Waals surface area (Å²) in [6.45, 7) is 4.30. The van der Waals surface area contributed by atoms with Gasteiger partial charge in [0.2, 0.25) is 0 Å². The van der Waals surface area contributed by atoms with Gasteiger partial charge in [0.05, 0.1) is 0 Å². The van der Waals surface area contributed by atoms with Crippen molar-refractivity contribution in [3.8, 4) is 5.75 Å². The first-order valence-electron chi connectivity index (χ1n) is 9.50. The summed E-state index contributed by atoms with van der Waals surface area (Å²) in [6.07, 6.45) is 1.09. The zero-order chi connectivity index (χ0) is 20.1. The number of carbonyl (C=O) groups excluding carboxylic acids is 1. The average Bonchev–Trinajstić information content (AvgIpc) is 2.68. The van der Waals surface area contributed by atoms with E-state index in [0.29, 0.717) is 17.9 Å². The molecular formula is C23H25NO4. The largest absolute Gasteiger partial charge is 0.481 e. The quantitative estimate of drug-likeness (QED) is 0.578. The summed E-state index contributed by atoms with van der Waals surface area (Å²) in [7, 11) is 1.76. The molecule has 0 bridgehead atoms. The van der Waals surface area contributed by atoms with Crippen molar-refractivity contribution in [1.82, 2.24) is 4.90 Å². The molecular weight excluding hydrogens is 354 g/mol. The number of likely N-dealkylation sites (N-methyl/N-ethyl adjacent to an activating group) is 1. The Kier molecular flexibility index (Phi) is 6.14. The van der Waals surface area contributed by atoms with Crippen LogP contribution in [0.3, 0.4) is 0 Å². The summed E-state index contributed by atoms with van der Waals surface area (Å²) in [6, 6.07) is 16.7. The van der Waals surface area contributed by atoms with Crippen LogP contribution in [0.15, 0.2) is 63.8 Å². The maximum absolute atomic E-state index is 12.6. The van der Waals surface area contributed by atoms with E-state index in [4.69, 9.17) is 9.15 Å². The van der Waals surface area contributed by atoms with Crippen molar-refractivity contribution in [3.05, 3.63) is 76.1 Å². The Morgan fingerprint density at radius 3 is 2.61 bits per heavy atom. The van der Waals surface area contributed by atoms with E-state index in [1.165, 1.54) is 6.07 Å². The van der Waals surface area contributed by atoms with Crippen LogP contribution in [0.25, 0.3) is 11.0 Å². The van der Waals surface area contributed by atoms with Crippen molar-refractivity contribution in [3.63, 3.8) is 0 Å². The maximum Gasteiger partial charge on any atom is 0.336 e. The van der Waals surface area contributed by atoms with Gasteiger partial charge in [0.15, 0.2) is 6.10 Å². The summed E-state index contributed by atoms with van der Waals surface area (Å²) < 4.78 is 11.2. The molecule has 0 saturated carbocycles. The van der Waals surface area contributed by atoms with E-state index in [-0.39, 0.29) is 11.5 Å². The Labute approximate surface area is 164 Å². The molecule has 3 rings (SSSR count). The number of nitrogens with zero attached hydrogens (tertiary/aromatic N) is 1. The zero-order valence-electron chi connectivity index (χ0n) is 16.5. The van der Waals surface area contributed by atoms with Gasteiger partial charge in [-0.05, 0) is 36.6 Å². The number of ether oxygens (including phenoxy) is 1. The van der Waals surface area contributed by atoms with Crippen molar-refractivity contribution < 1.29 is 13.9 Å². The van der Waals surface area contributed by atoms with Crippen LogP contribution in [-0.2, 0) is 17.8 Å². The lowest BCUT2D eigenvalue weighted by atomic mass is 10.1. The molecule has 0 unspecified atom stereocenters. The Morgan fingerprint density at radius 1 is 1.14 bits per heavy atom. The third-order valence-electron chi connectivity index (χ3n) is 4.62. The monoisotopic (exact) mass is 379 g/mol. The molecule has 0 fully saturated rings. The lowest BCUT2D eigenvalue weighted by Crippen LogP contribution is -2.37. The third kappa shape index (κ3) is 4.60. The fourth-order valence-electron chi connectivity index (χ4n) is 3.26. The van der Waals surface area contributed by atoms with E-state index in [9.17, 15) is 9.59 Å². The fourth-order valence-corrected chi connectivity index (χ4v) is 3.26. The van der Waals surface area contributed by atoms with E-state index >= 15 is 0 Å². The SMILES string of the molecule is CCCc1cc(=O)oc2cc(O[C@H](C)C(=O)N(C)Cc3ccccc3)ccc12. The number of fused-ring (bicyclic) bond motifs is 1. The highest BCUT2D eigenvalue weighted by atomic mass is 16.5. The standard InChI is InChI=1S/C23H25NO4/c1-4-8-18-13-22(25)28-21-14-19(11-12-20(18)21)27-16(2)23(26)24(3)15-17-9-6-5-7-10-17/h5-7,9-14,16H,4,8,15H2,1-3H3/t16-/m1/s1. The number of hydrogen-bond donors (Lipinski definition) is 0. The Balaban J connectivity index is 1.74. The highest BCUT2D eigenvalue weighted by molar-refractivity contribution is 5.83. The predicted molar refractivity (Wildman–Crippen MR) is 109 cm³/mol. The van der Waals surface area contributed by atoms with Crippen molar-refractivity contribution in [2.75, 3.05) is 7.05 Å². The molecule has 1 heterocycles. The van der Waals surface area contributed by atoms with Gasteiger partial charge >= 0.3 is 5.63 Å². The Hall–Kier alpha value is -3.08. The predicted octanol–water partition coefficient (Wildman–Crippen LogP) is 4.17. The molecule has 1 amide bonds. The van der Waals surface area contributed by atoms with Crippen LogP contribution in [0.4, 0.5) is 0 Å². The molecule has 0 N–H and O–H groups in total. The molecule has 0 aliphatic rings. The minimum Gasteiger partial charge on any atom is -0.481 e. The first-order chi connectivity index (χ1) is 13.5. The normalized spacial score (nSPS) is 12.0. The third-order valence-corrected chi connectivity index (χ3v) is 4.62. The summed E-state index contributed by atoms with van der Waals surface area (Å²) >= 11 is 0. The van der Waals surface area contributed by atoms with Crippen molar-refractivity contribution in [1.29, 1.82) is 0 Å². The van der Waals surface area contributed by atoms with Crippen LogP contribution in [0, 0.1) is 0 Å². The van der Waals surface area contributed by atoms with E-state index in [0.717, 1.165) is 29.4 Å². The Bertz CT molecular complexity index is 1010. The van der Waals surface area contributed by atoms with E-state index in [1.54, 1.807) is 24.9 Å². The lowest BCUT2D eigenvalue weighted by molar-refractivity contribution is -0.137. The lowest BCUT2D eigenvalue weighted by Gasteiger charge is -2.22. The number of aryl methyl sites for hydroxylation is 1. The molecule has 0 aliphatic heterocycles. The first kappa shape index (κ1) is 19.7. The van der Waals surface area contributed by atoms with Crippen LogP contribution in [0.1, 0.15) is 31.4 Å². The van der Waals surface area contributed by atoms with Crippen molar-refractivity contribution in [2.45, 2.75) is 39.3 Å². The minimum absolute atomic E-state index is 0.120. The molecule has 0 aliphatic carbocycles. The zero-order valence-corrected chi connectivity index (χ0v) is 16.5. The molecule has 1 atom stereocenters. The second kappa shape index (κ2) is 8.74. The molecule has 146 valence electrons. The molecule has 2 aromatic carbocycles. The Morgan fingerprint density at radius 2 is 1.89 bits per heavy atom. The van der Waals surface area contributed by atoms with Gasteiger partial charge in [-0.3, -0.25) is 4.79 Å². The first-order valence-corrected chi connectivity index (χ1v) is 9.50. The molecule has 1 aromatic heterocycles.